The minimum Gasteiger partial charge on any atom is -0.434 e. The van der Waals surface area contributed by atoms with Crippen LogP contribution in [0.1, 0.15) is 36.1 Å². The van der Waals surface area contributed by atoms with E-state index < -0.39 is 42.6 Å². The molecule has 5 nitrogen and oxygen atoms in total. The van der Waals surface area contributed by atoms with Gasteiger partial charge in [0.15, 0.2) is 5.75 Å². The molecule has 7 heteroatoms. The van der Waals surface area contributed by atoms with Gasteiger partial charge in [0.05, 0.1) is 11.4 Å². The van der Waals surface area contributed by atoms with Gasteiger partial charge in [0.1, 0.15) is 0 Å². The van der Waals surface area contributed by atoms with Crippen molar-refractivity contribution in [1.29, 1.82) is 0 Å². The highest BCUT2D eigenvalue weighted by atomic mass is 35.5. The molecular formula is C13H13Cl2N3O2. The highest BCUT2D eigenvalue weighted by molar-refractivity contribution is 6.37. The number of nitrogens with zero attached hydrogens (tertiary/aromatic N) is 1. The van der Waals surface area contributed by atoms with Crippen molar-refractivity contribution in [2.75, 3.05) is 5.73 Å². The number of hydrogen-bond donors (Lipinski definition) is 2. The molecule has 0 saturated heterocycles. The summed E-state index contributed by atoms with van der Waals surface area (Å²) in [6.45, 7) is -6.95. The van der Waals surface area contributed by atoms with Gasteiger partial charge in [-0.15, -0.1) is 5.10 Å². The van der Waals surface area contributed by atoms with Gasteiger partial charge in [0.2, 0.25) is 5.88 Å². The summed E-state index contributed by atoms with van der Waals surface area (Å²) in [6.07, 6.45) is 0. The molecule has 0 aliphatic heterocycles. The first-order valence-electron chi connectivity index (χ1n) is 9.13. The van der Waals surface area contributed by atoms with Crippen LogP contribution in [0.25, 0.3) is 0 Å². The fraction of sp³-hybridized carbons (Fsp3) is 0.231. The van der Waals surface area contributed by atoms with Crippen LogP contribution in [-0.4, -0.2) is 10.2 Å². The summed E-state index contributed by atoms with van der Waals surface area (Å²) in [5.41, 5.74) is 3.30. The zero-order valence-electron chi connectivity index (χ0n) is 17.8. The topological polar surface area (TPSA) is 81.0 Å². The van der Waals surface area contributed by atoms with Crippen LogP contribution < -0.4 is 16.0 Å². The number of nitrogens with two attached hydrogens (primary N) is 1. The van der Waals surface area contributed by atoms with E-state index in [1.54, 1.807) is 0 Å². The first-order chi connectivity index (χ1) is 12.6. The van der Waals surface area contributed by atoms with Gasteiger partial charge in [-0.3, -0.25) is 4.79 Å². The van der Waals surface area contributed by atoms with E-state index in [1.807, 2.05) is 5.10 Å². The second kappa shape index (κ2) is 5.73. The van der Waals surface area contributed by atoms with Crippen molar-refractivity contribution in [2.45, 2.75) is 19.6 Å². The Morgan fingerprint density at radius 2 is 2.15 bits per heavy atom. The molecular weight excluding hydrogens is 301 g/mol. The van der Waals surface area contributed by atoms with Crippen LogP contribution in [-0.2, 0) is 0 Å². The third kappa shape index (κ3) is 3.05. The molecule has 3 N–H and O–H groups in total. The number of aromatic amines is 1. The number of rotatable bonds is 3. The molecule has 0 amide bonds. The Labute approximate surface area is 136 Å². The molecule has 0 aliphatic rings. The lowest BCUT2D eigenvalue weighted by atomic mass is 10.1. The lowest BCUT2D eigenvalue weighted by Gasteiger charge is -2.10. The number of hydrogen-bond acceptors (Lipinski definition) is 4. The highest BCUT2D eigenvalue weighted by Crippen LogP contribution is 2.37. The Hall–Kier alpha value is -1.72. The maximum absolute atomic E-state index is 12.2. The molecule has 0 saturated carbocycles. The van der Waals surface area contributed by atoms with Crippen LogP contribution in [0, 0.1) is 0 Å². The maximum atomic E-state index is 12.2. The van der Waals surface area contributed by atoms with Crippen molar-refractivity contribution in [2.24, 2.45) is 0 Å². The lowest BCUT2D eigenvalue weighted by Crippen LogP contribution is -2.15. The summed E-state index contributed by atoms with van der Waals surface area (Å²) in [7, 11) is 0. The number of halogens is 2. The first-order valence-corrected chi connectivity index (χ1v) is 5.89. The quantitative estimate of drug-likeness (QED) is 0.847. The van der Waals surface area contributed by atoms with Gasteiger partial charge in [-0.2, -0.15) is 0 Å². The minimum absolute atomic E-state index is 0.0808. The standard InChI is InChI=1S/C13H13Cl2N3O2/c1-6(2)8-5-11(17-18-13(8)19)20-12-9(14)3-7(16)4-10(12)15/h3-6H,16H2,1-2H3,(H,18,19)/i1D3,2D3,5D,6D. The summed E-state index contributed by atoms with van der Waals surface area (Å²) in [6, 6.07) is 1.55. The molecule has 0 spiro atoms. The first kappa shape index (κ1) is 7.33. The molecule has 1 aromatic heterocycles. The van der Waals surface area contributed by atoms with Crippen molar-refractivity contribution in [3.05, 3.63) is 44.1 Å². The monoisotopic (exact) mass is 321 g/mol. The molecule has 0 radical (unpaired) electrons. The third-order valence-electron chi connectivity index (χ3n) is 2.19. The van der Waals surface area contributed by atoms with E-state index in [-0.39, 0.29) is 21.5 Å². The second-order valence-corrected chi connectivity index (χ2v) is 4.46. The van der Waals surface area contributed by atoms with Crippen molar-refractivity contribution >= 4 is 28.9 Å². The normalized spacial score (nSPS) is 18.5. The number of nitrogens with one attached hydrogen (secondary N) is 1. The summed E-state index contributed by atoms with van der Waals surface area (Å²) >= 11 is 12.0. The number of nitrogen functional groups attached to an aromatic ring is 1. The van der Waals surface area contributed by atoms with E-state index in [0.29, 0.717) is 0 Å². The van der Waals surface area contributed by atoms with Gasteiger partial charge in [-0.1, -0.05) is 36.9 Å². The van der Waals surface area contributed by atoms with Gasteiger partial charge >= 0.3 is 0 Å². The Bertz CT molecular complexity index is 937. The average Bonchev–Trinajstić information content (AvgIpc) is 2.50. The molecule has 0 atom stereocenters. The molecule has 20 heavy (non-hydrogen) atoms. The Morgan fingerprint density at radius 3 is 2.75 bits per heavy atom. The highest BCUT2D eigenvalue weighted by Gasteiger charge is 2.13. The Kier molecular flexibility index (Phi) is 2.10. The fourth-order valence-corrected chi connectivity index (χ4v) is 1.93. The van der Waals surface area contributed by atoms with Gasteiger partial charge in [-0.25, -0.2) is 5.10 Å². The lowest BCUT2D eigenvalue weighted by molar-refractivity contribution is 0.452. The number of aromatic nitrogens is 2. The van der Waals surface area contributed by atoms with Crippen LogP contribution in [0.2, 0.25) is 10.0 Å². The number of anilines is 1. The van der Waals surface area contributed by atoms with Crippen LogP contribution in [0.4, 0.5) is 5.69 Å². The predicted molar refractivity (Wildman–Crippen MR) is 79.9 cm³/mol. The number of benzene rings is 1. The number of ether oxygens (including phenoxy) is 1. The summed E-state index contributed by atoms with van der Waals surface area (Å²) in [5.74, 6) is -4.33. The predicted octanol–water partition coefficient (Wildman–Crippen LogP) is 3.57. The molecule has 1 aromatic carbocycles. The summed E-state index contributed by atoms with van der Waals surface area (Å²) in [4.78, 5) is 12.2. The van der Waals surface area contributed by atoms with E-state index in [9.17, 15) is 4.79 Å². The van der Waals surface area contributed by atoms with Crippen molar-refractivity contribution < 1.29 is 15.7 Å². The van der Waals surface area contributed by atoms with Crippen molar-refractivity contribution in [3.8, 4) is 11.6 Å². The smallest absolute Gasteiger partial charge is 0.267 e. The summed E-state index contributed by atoms with van der Waals surface area (Å²) < 4.78 is 66.4. The van der Waals surface area contributed by atoms with Gasteiger partial charge in [0.25, 0.3) is 5.56 Å². The molecule has 1 heterocycles. The van der Waals surface area contributed by atoms with Crippen molar-refractivity contribution in [3.63, 3.8) is 0 Å². The molecule has 2 aromatic rings. The zero-order valence-corrected chi connectivity index (χ0v) is 11.3. The van der Waals surface area contributed by atoms with Gasteiger partial charge < -0.3 is 10.5 Å². The van der Waals surface area contributed by atoms with E-state index in [1.165, 1.54) is 12.1 Å². The molecule has 2 rings (SSSR count). The van der Waals surface area contributed by atoms with Gasteiger partial charge in [0, 0.05) is 26.9 Å². The molecule has 106 valence electrons. The van der Waals surface area contributed by atoms with Crippen LogP contribution in [0.15, 0.2) is 23.0 Å². The maximum Gasteiger partial charge on any atom is 0.267 e. The van der Waals surface area contributed by atoms with E-state index >= 15 is 0 Å². The Balaban J connectivity index is 2.74. The van der Waals surface area contributed by atoms with E-state index in [2.05, 4.69) is 5.10 Å². The van der Waals surface area contributed by atoms with Crippen molar-refractivity contribution in [1.82, 2.24) is 10.2 Å². The van der Waals surface area contributed by atoms with Crippen LogP contribution >= 0.6 is 23.2 Å². The fourth-order valence-electron chi connectivity index (χ4n) is 1.35. The second-order valence-electron chi connectivity index (χ2n) is 3.65. The summed E-state index contributed by atoms with van der Waals surface area (Å²) in [5, 5.41) is 5.16. The molecule has 0 bridgehead atoms. The molecule has 0 unspecified atom stereocenters. The largest absolute Gasteiger partial charge is 0.434 e. The third-order valence-corrected chi connectivity index (χ3v) is 2.75. The number of H-pyrrole nitrogens is 1. The average molecular weight is 322 g/mol. The molecule has 0 aliphatic carbocycles. The van der Waals surface area contributed by atoms with E-state index in [0.717, 1.165) is 0 Å². The van der Waals surface area contributed by atoms with Gasteiger partial charge in [-0.05, 0) is 18.0 Å². The SMILES string of the molecule is [2H]c1c(Oc2c(Cl)cc(N)cc2Cl)n[nH]c(=O)c1C([2H])(C([2H])([2H])[2H])C([2H])([2H])[2H]. The Morgan fingerprint density at radius 1 is 1.50 bits per heavy atom. The minimum atomic E-state index is -3.48. The zero-order chi connectivity index (χ0) is 21.7. The van der Waals surface area contributed by atoms with Crippen LogP contribution in [0.5, 0.6) is 11.6 Å². The van der Waals surface area contributed by atoms with E-state index in [4.69, 9.17) is 44.6 Å². The molecule has 0 fully saturated rings. The van der Waals surface area contributed by atoms with Crippen LogP contribution in [0.3, 0.4) is 0 Å².